The van der Waals surface area contributed by atoms with E-state index in [9.17, 15) is 4.79 Å². The van der Waals surface area contributed by atoms with Gasteiger partial charge in [-0.25, -0.2) is 0 Å². The Bertz CT molecular complexity index is 819. The Morgan fingerprint density at radius 3 is 2.40 bits per heavy atom. The van der Waals surface area contributed by atoms with Gasteiger partial charge in [-0.15, -0.1) is 0 Å². The quantitative estimate of drug-likeness (QED) is 0.746. The molecule has 8 nitrogen and oxygen atoms in total. The second-order valence-electron chi connectivity index (χ2n) is 6.05. The maximum Gasteiger partial charge on any atom is 0.252 e. The number of carbonyl (C=O) groups excluding carboxylic acids is 1. The van der Waals surface area contributed by atoms with Crippen molar-refractivity contribution in [1.82, 2.24) is 30.1 Å². The van der Waals surface area contributed by atoms with E-state index in [1.807, 2.05) is 36.5 Å². The Morgan fingerprint density at radius 2 is 1.76 bits per heavy atom. The number of aromatic nitrogens is 5. The molecule has 0 spiro atoms. The summed E-state index contributed by atoms with van der Waals surface area (Å²) < 4.78 is 1.78. The maximum absolute atomic E-state index is 13.1. The van der Waals surface area contributed by atoms with E-state index in [1.165, 1.54) is 4.80 Å². The summed E-state index contributed by atoms with van der Waals surface area (Å²) in [6, 6.07) is 9.31. The van der Waals surface area contributed by atoms with Crippen LogP contribution in [0.3, 0.4) is 0 Å². The van der Waals surface area contributed by atoms with E-state index in [4.69, 9.17) is 0 Å². The van der Waals surface area contributed by atoms with Gasteiger partial charge in [0.15, 0.2) is 0 Å². The van der Waals surface area contributed by atoms with Gasteiger partial charge in [-0.2, -0.15) is 20.1 Å². The van der Waals surface area contributed by atoms with Crippen LogP contribution in [0.15, 0.2) is 55.1 Å². The van der Waals surface area contributed by atoms with Crippen molar-refractivity contribution in [2.45, 2.75) is 18.4 Å². The van der Waals surface area contributed by atoms with Crippen LogP contribution in [0.2, 0.25) is 0 Å². The number of hydrogen-bond donors (Lipinski definition) is 2. The number of benzene rings is 1. The van der Waals surface area contributed by atoms with E-state index in [0.717, 1.165) is 24.5 Å². The third-order valence-corrected chi connectivity index (χ3v) is 4.57. The number of hydrogen-bond acceptors (Lipinski definition) is 5. The summed E-state index contributed by atoms with van der Waals surface area (Å²) in [7, 11) is 0. The molecule has 128 valence electrons. The van der Waals surface area contributed by atoms with Crippen LogP contribution >= 0.6 is 0 Å². The average Bonchev–Trinajstić information content (AvgIpc) is 3.37. The molecule has 0 saturated carbocycles. The standard InChI is InChI=1S/C17H19N7O/c25-16(17(6-9-18-10-7-17)23-13-1-8-19-23)22-14-2-4-15(5-3-14)24-20-11-12-21-24/h1-5,8,11-13,18H,6-7,9-10H2,(H,22,25). The van der Waals surface area contributed by atoms with Gasteiger partial charge in [0.2, 0.25) is 0 Å². The van der Waals surface area contributed by atoms with Gasteiger partial charge < -0.3 is 10.6 Å². The first kappa shape index (κ1) is 15.5. The van der Waals surface area contributed by atoms with Crippen molar-refractivity contribution in [3.8, 4) is 5.69 Å². The summed E-state index contributed by atoms with van der Waals surface area (Å²) in [5.74, 6) is -0.0392. The number of piperidine rings is 1. The zero-order valence-electron chi connectivity index (χ0n) is 13.7. The van der Waals surface area contributed by atoms with E-state index in [1.54, 1.807) is 23.3 Å². The molecule has 25 heavy (non-hydrogen) atoms. The third kappa shape index (κ3) is 2.91. The molecule has 0 radical (unpaired) electrons. The van der Waals surface area contributed by atoms with Gasteiger partial charge in [0, 0.05) is 18.1 Å². The average molecular weight is 337 g/mol. The highest BCUT2D eigenvalue weighted by Gasteiger charge is 2.42. The van der Waals surface area contributed by atoms with Crippen molar-refractivity contribution in [3.63, 3.8) is 0 Å². The molecule has 8 heteroatoms. The largest absolute Gasteiger partial charge is 0.324 e. The Balaban J connectivity index is 1.55. The van der Waals surface area contributed by atoms with Gasteiger partial charge in [0.25, 0.3) is 5.91 Å². The van der Waals surface area contributed by atoms with Gasteiger partial charge in [-0.3, -0.25) is 9.48 Å². The number of anilines is 1. The van der Waals surface area contributed by atoms with Gasteiger partial charge in [0.1, 0.15) is 5.54 Å². The molecule has 0 atom stereocenters. The van der Waals surface area contributed by atoms with Gasteiger partial charge in [-0.05, 0) is 56.3 Å². The van der Waals surface area contributed by atoms with Crippen LogP contribution in [-0.2, 0) is 10.3 Å². The molecule has 0 aliphatic carbocycles. The Morgan fingerprint density at radius 1 is 1.04 bits per heavy atom. The number of nitrogens with zero attached hydrogens (tertiary/aromatic N) is 5. The molecule has 2 N–H and O–H groups in total. The van der Waals surface area contributed by atoms with Crippen LogP contribution in [0, 0.1) is 0 Å². The summed E-state index contributed by atoms with van der Waals surface area (Å²) in [6.07, 6.45) is 8.23. The predicted molar refractivity (Wildman–Crippen MR) is 92.3 cm³/mol. The zero-order chi connectivity index (χ0) is 17.1. The van der Waals surface area contributed by atoms with Crippen molar-refractivity contribution in [2.75, 3.05) is 18.4 Å². The summed E-state index contributed by atoms with van der Waals surface area (Å²) in [6.45, 7) is 1.58. The summed E-state index contributed by atoms with van der Waals surface area (Å²) in [4.78, 5) is 14.6. The topological polar surface area (TPSA) is 89.7 Å². The zero-order valence-corrected chi connectivity index (χ0v) is 13.7. The van der Waals surface area contributed by atoms with E-state index >= 15 is 0 Å². The van der Waals surface area contributed by atoms with Gasteiger partial charge in [0.05, 0.1) is 18.1 Å². The molecule has 1 fully saturated rings. The fourth-order valence-corrected chi connectivity index (χ4v) is 3.20. The van der Waals surface area contributed by atoms with Crippen LogP contribution in [0.25, 0.3) is 5.69 Å². The number of nitrogens with one attached hydrogen (secondary N) is 2. The molecule has 3 aromatic rings. The van der Waals surface area contributed by atoms with Gasteiger partial charge in [-0.1, -0.05) is 0 Å². The van der Waals surface area contributed by atoms with Crippen molar-refractivity contribution >= 4 is 11.6 Å². The maximum atomic E-state index is 13.1. The van der Waals surface area contributed by atoms with E-state index in [2.05, 4.69) is 25.9 Å². The summed E-state index contributed by atoms with van der Waals surface area (Å²) in [5, 5.41) is 18.9. The lowest BCUT2D eigenvalue weighted by Crippen LogP contribution is -2.52. The lowest BCUT2D eigenvalue weighted by Gasteiger charge is -2.36. The third-order valence-electron chi connectivity index (χ3n) is 4.57. The van der Waals surface area contributed by atoms with Crippen LogP contribution in [0.1, 0.15) is 12.8 Å². The minimum atomic E-state index is -0.656. The summed E-state index contributed by atoms with van der Waals surface area (Å²) in [5.41, 5.74) is 0.925. The molecule has 1 aliphatic heterocycles. The van der Waals surface area contributed by atoms with Crippen molar-refractivity contribution in [1.29, 1.82) is 0 Å². The van der Waals surface area contributed by atoms with Crippen LogP contribution < -0.4 is 10.6 Å². The first-order chi connectivity index (χ1) is 12.3. The van der Waals surface area contributed by atoms with Crippen molar-refractivity contribution in [2.24, 2.45) is 0 Å². The highest BCUT2D eigenvalue weighted by molar-refractivity contribution is 5.96. The molecule has 1 aromatic carbocycles. The fraction of sp³-hybridized carbons (Fsp3) is 0.294. The second-order valence-corrected chi connectivity index (χ2v) is 6.05. The number of carbonyl (C=O) groups is 1. The Labute approximate surface area is 144 Å². The monoisotopic (exact) mass is 337 g/mol. The van der Waals surface area contributed by atoms with E-state index in [-0.39, 0.29) is 5.91 Å². The van der Waals surface area contributed by atoms with Gasteiger partial charge >= 0.3 is 0 Å². The highest BCUT2D eigenvalue weighted by atomic mass is 16.2. The molecule has 0 bridgehead atoms. The molecule has 3 heterocycles. The Kier molecular flexibility index (Phi) is 4.02. The number of amides is 1. The highest BCUT2D eigenvalue weighted by Crippen LogP contribution is 2.28. The Hall–Kier alpha value is -3.00. The molecule has 1 saturated heterocycles. The second kappa shape index (κ2) is 6.48. The van der Waals surface area contributed by atoms with Crippen LogP contribution in [0.4, 0.5) is 5.69 Å². The smallest absolute Gasteiger partial charge is 0.252 e. The van der Waals surface area contributed by atoms with Crippen LogP contribution in [-0.4, -0.2) is 43.8 Å². The van der Waals surface area contributed by atoms with Crippen molar-refractivity contribution in [3.05, 3.63) is 55.1 Å². The first-order valence-corrected chi connectivity index (χ1v) is 8.27. The molecular weight excluding hydrogens is 318 g/mol. The SMILES string of the molecule is O=C(Nc1ccc(-n2nccn2)cc1)C1(n2cccn2)CCNCC1. The van der Waals surface area contributed by atoms with E-state index < -0.39 is 5.54 Å². The molecule has 0 unspecified atom stereocenters. The van der Waals surface area contributed by atoms with Crippen molar-refractivity contribution < 1.29 is 4.79 Å². The predicted octanol–water partition coefficient (Wildman–Crippen LogP) is 1.18. The molecule has 4 rings (SSSR count). The summed E-state index contributed by atoms with van der Waals surface area (Å²) >= 11 is 0. The number of rotatable bonds is 4. The fourth-order valence-electron chi connectivity index (χ4n) is 3.20. The lowest BCUT2D eigenvalue weighted by molar-refractivity contribution is -0.126. The molecule has 1 aliphatic rings. The molecular formula is C17H19N7O. The lowest BCUT2D eigenvalue weighted by atomic mass is 9.87. The normalized spacial score (nSPS) is 16.5. The minimum Gasteiger partial charge on any atom is -0.324 e. The van der Waals surface area contributed by atoms with Crippen LogP contribution in [0.5, 0.6) is 0 Å². The van der Waals surface area contributed by atoms with E-state index in [0.29, 0.717) is 12.8 Å². The minimum absolute atomic E-state index is 0.0392. The molecule has 2 aromatic heterocycles. The molecule has 1 amide bonds. The first-order valence-electron chi connectivity index (χ1n) is 8.27.